The van der Waals surface area contributed by atoms with Crippen molar-refractivity contribution < 1.29 is 19.1 Å². The molecule has 0 saturated carbocycles. The Labute approximate surface area is 151 Å². The number of methoxy groups -OCH3 is 1. The molecule has 2 rings (SSSR count). The second-order valence-electron chi connectivity index (χ2n) is 7.49. The first-order valence-electron chi connectivity index (χ1n) is 9.10. The fourth-order valence-corrected chi connectivity index (χ4v) is 3.84. The molecule has 2 aliphatic rings. The Morgan fingerprint density at radius 1 is 1.36 bits per heavy atom. The van der Waals surface area contributed by atoms with E-state index >= 15 is 0 Å². The lowest BCUT2D eigenvalue weighted by molar-refractivity contribution is -0.165. The second kappa shape index (κ2) is 8.61. The standard InChI is InChI=1S/C21H30O4/c1-13(2)8-6-10-15(4)18-17(22)12-14(3)9-7-11-16-19(18)21(24-5)25-20(16)23/h8-9,11,15,18-19,21H,6-7,10,12H2,1-5H3/b14-9-,16-11-/t15-,18-,19-,21+/m1/s1. The van der Waals surface area contributed by atoms with Gasteiger partial charge in [-0.3, -0.25) is 4.79 Å². The Morgan fingerprint density at radius 3 is 2.72 bits per heavy atom. The number of esters is 1. The van der Waals surface area contributed by atoms with Gasteiger partial charge in [0.25, 0.3) is 0 Å². The number of ketones is 1. The van der Waals surface area contributed by atoms with Gasteiger partial charge < -0.3 is 9.47 Å². The summed E-state index contributed by atoms with van der Waals surface area (Å²) in [5.41, 5.74) is 2.94. The summed E-state index contributed by atoms with van der Waals surface area (Å²) in [7, 11) is 1.53. The number of allylic oxidation sites excluding steroid dienone is 5. The summed E-state index contributed by atoms with van der Waals surface area (Å²) in [6, 6.07) is 0. The molecule has 0 aromatic rings. The van der Waals surface area contributed by atoms with Crippen LogP contribution in [0.3, 0.4) is 0 Å². The van der Waals surface area contributed by atoms with Gasteiger partial charge in [-0.05, 0) is 46.0 Å². The molecular weight excluding hydrogens is 316 g/mol. The molecular formula is C21H30O4. The van der Waals surface area contributed by atoms with Gasteiger partial charge in [-0.1, -0.05) is 36.3 Å². The number of Topliss-reactive ketones (excluding diaryl/α,β-unsaturated/α-hetero) is 1. The first-order valence-corrected chi connectivity index (χ1v) is 9.10. The number of rotatable bonds is 5. The van der Waals surface area contributed by atoms with E-state index in [4.69, 9.17) is 9.47 Å². The molecule has 4 atom stereocenters. The van der Waals surface area contributed by atoms with Gasteiger partial charge in [0.15, 0.2) is 0 Å². The number of hydrogen-bond donors (Lipinski definition) is 0. The molecule has 1 aliphatic carbocycles. The van der Waals surface area contributed by atoms with E-state index in [1.807, 2.05) is 19.1 Å². The predicted molar refractivity (Wildman–Crippen MR) is 97.8 cm³/mol. The minimum Gasteiger partial charge on any atom is -0.432 e. The number of ether oxygens (including phenoxy) is 2. The lowest BCUT2D eigenvalue weighted by atomic mass is 9.73. The Hall–Kier alpha value is -1.68. The van der Waals surface area contributed by atoms with E-state index in [1.54, 1.807) is 0 Å². The minimum atomic E-state index is -0.669. The molecule has 4 heteroatoms. The maximum atomic E-state index is 13.1. The molecule has 138 valence electrons. The van der Waals surface area contributed by atoms with Crippen LogP contribution in [0.1, 0.15) is 53.4 Å². The van der Waals surface area contributed by atoms with Crippen molar-refractivity contribution >= 4 is 11.8 Å². The first-order chi connectivity index (χ1) is 11.8. The molecule has 0 N–H and O–H groups in total. The van der Waals surface area contributed by atoms with Crippen LogP contribution in [-0.4, -0.2) is 25.2 Å². The van der Waals surface area contributed by atoms with Crippen LogP contribution in [0, 0.1) is 17.8 Å². The van der Waals surface area contributed by atoms with E-state index in [1.165, 1.54) is 12.7 Å². The highest BCUT2D eigenvalue weighted by Gasteiger charge is 2.48. The Kier molecular flexibility index (Phi) is 6.77. The summed E-state index contributed by atoms with van der Waals surface area (Å²) in [6.07, 6.45) is 8.36. The third-order valence-corrected chi connectivity index (χ3v) is 5.15. The van der Waals surface area contributed by atoms with Crippen molar-refractivity contribution in [1.82, 2.24) is 0 Å². The van der Waals surface area contributed by atoms with Crippen molar-refractivity contribution in [2.45, 2.75) is 59.7 Å². The topological polar surface area (TPSA) is 52.6 Å². The summed E-state index contributed by atoms with van der Waals surface area (Å²) in [5, 5.41) is 0. The lowest BCUT2D eigenvalue weighted by Crippen LogP contribution is -2.36. The van der Waals surface area contributed by atoms with Crippen molar-refractivity contribution in [2.24, 2.45) is 17.8 Å². The Balaban J connectivity index is 2.35. The SMILES string of the molecule is CO[C@H]1OC(=O)/C2=C\C/C=C(/C)CC(=O)[C@@H]([C@H](C)CCC=C(C)C)[C@@H]21. The molecule has 25 heavy (non-hydrogen) atoms. The molecule has 1 aliphatic heterocycles. The molecule has 0 amide bonds. The Bertz CT molecular complexity index is 607. The number of cyclic esters (lactones) is 1. The Morgan fingerprint density at radius 2 is 2.08 bits per heavy atom. The maximum absolute atomic E-state index is 13.1. The van der Waals surface area contributed by atoms with E-state index in [0.29, 0.717) is 18.4 Å². The molecule has 0 spiro atoms. The van der Waals surface area contributed by atoms with Gasteiger partial charge in [-0.25, -0.2) is 4.79 Å². The second-order valence-corrected chi connectivity index (χ2v) is 7.49. The van der Waals surface area contributed by atoms with E-state index in [0.717, 1.165) is 18.4 Å². The molecule has 4 nitrogen and oxygen atoms in total. The molecule has 1 saturated heterocycles. The number of hydrogen-bond acceptors (Lipinski definition) is 4. The van der Waals surface area contributed by atoms with Crippen LogP contribution in [-0.2, 0) is 19.1 Å². The van der Waals surface area contributed by atoms with Crippen LogP contribution >= 0.6 is 0 Å². The van der Waals surface area contributed by atoms with Gasteiger partial charge in [0.05, 0.1) is 5.92 Å². The zero-order chi connectivity index (χ0) is 18.6. The quantitative estimate of drug-likeness (QED) is 0.548. The van der Waals surface area contributed by atoms with Crippen LogP contribution in [0.25, 0.3) is 0 Å². The first kappa shape index (κ1) is 19.6. The zero-order valence-corrected chi connectivity index (χ0v) is 16.0. The average molecular weight is 346 g/mol. The third kappa shape index (κ3) is 4.69. The van der Waals surface area contributed by atoms with Gasteiger partial charge in [0.1, 0.15) is 5.78 Å². The normalized spacial score (nSPS) is 32.1. The van der Waals surface area contributed by atoms with E-state index in [9.17, 15) is 9.59 Å². The van der Waals surface area contributed by atoms with Crippen LogP contribution < -0.4 is 0 Å². The number of carbonyl (C=O) groups is 2. The highest BCUT2D eigenvalue weighted by molar-refractivity contribution is 5.94. The summed E-state index contributed by atoms with van der Waals surface area (Å²) in [5.74, 6) is -0.606. The van der Waals surface area contributed by atoms with Crippen LogP contribution in [0.2, 0.25) is 0 Å². The van der Waals surface area contributed by atoms with E-state index in [2.05, 4.69) is 26.8 Å². The fraction of sp³-hybridized carbons (Fsp3) is 0.619. The molecule has 0 radical (unpaired) electrons. The molecule has 1 fully saturated rings. The highest BCUT2D eigenvalue weighted by atomic mass is 16.7. The van der Waals surface area contributed by atoms with Crippen molar-refractivity contribution in [3.8, 4) is 0 Å². The summed E-state index contributed by atoms with van der Waals surface area (Å²) in [4.78, 5) is 25.4. The lowest BCUT2D eigenvalue weighted by Gasteiger charge is -2.30. The number of fused-ring (bicyclic) bond motifs is 1. The van der Waals surface area contributed by atoms with Crippen molar-refractivity contribution in [3.05, 3.63) is 34.9 Å². The van der Waals surface area contributed by atoms with Gasteiger partial charge in [0.2, 0.25) is 6.29 Å². The average Bonchev–Trinajstić information content (AvgIpc) is 2.85. The smallest absolute Gasteiger partial charge is 0.336 e. The minimum absolute atomic E-state index is 0.148. The van der Waals surface area contributed by atoms with Gasteiger partial charge in [-0.2, -0.15) is 0 Å². The van der Waals surface area contributed by atoms with E-state index in [-0.39, 0.29) is 29.5 Å². The predicted octanol–water partition coefficient (Wildman–Crippen LogP) is 4.37. The summed E-state index contributed by atoms with van der Waals surface area (Å²) < 4.78 is 10.8. The maximum Gasteiger partial charge on any atom is 0.336 e. The summed E-state index contributed by atoms with van der Waals surface area (Å²) in [6.45, 7) is 8.24. The molecule has 0 aromatic heterocycles. The van der Waals surface area contributed by atoms with Crippen LogP contribution in [0.5, 0.6) is 0 Å². The van der Waals surface area contributed by atoms with Crippen LogP contribution in [0.15, 0.2) is 34.9 Å². The summed E-state index contributed by atoms with van der Waals surface area (Å²) >= 11 is 0. The van der Waals surface area contributed by atoms with Crippen molar-refractivity contribution in [1.29, 1.82) is 0 Å². The largest absolute Gasteiger partial charge is 0.432 e. The molecule has 0 unspecified atom stereocenters. The number of carbonyl (C=O) groups excluding carboxylic acids is 2. The van der Waals surface area contributed by atoms with Gasteiger partial charge in [0, 0.05) is 25.0 Å². The van der Waals surface area contributed by atoms with Gasteiger partial charge >= 0.3 is 5.97 Å². The molecule has 1 heterocycles. The molecule has 0 aromatic carbocycles. The van der Waals surface area contributed by atoms with Crippen LogP contribution in [0.4, 0.5) is 0 Å². The van der Waals surface area contributed by atoms with Crippen molar-refractivity contribution in [2.75, 3.05) is 7.11 Å². The highest BCUT2D eigenvalue weighted by Crippen LogP contribution is 2.41. The molecule has 0 bridgehead atoms. The third-order valence-electron chi connectivity index (χ3n) is 5.15. The fourth-order valence-electron chi connectivity index (χ4n) is 3.84. The van der Waals surface area contributed by atoms with E-state index < -0.39 is 6.29 Å². The zero-order valence-electron chi connectivity index (χ0n) is 16.0. The monoisotopic (exact) mass is 346 g/mol. The van der Waals surface area contributed by atoms with Crippen molar-refractivity contribution in [3.63, 3.8) is 0 Å². The van der Waals surface area contributed by atoms with Gasteiger partial charge in [-0.15, -0.1) is 0 Å².